The maximum absolute atomic E-state index is 12.2. The number of carbonyl (C=O) groups is 1. The number of nitrogens with zero attached hydrogens (tertiary/aromatic N) is 3. The van der Waals surface area contributed by atoms with Crippen LogP contribution in [0.3, 0.4) is 0 Å². The maximum atomic E-state index is 12.2. The van der Waals surface area contributed by atoms with Crippen LogP contribution in [0.15, 0.2) is 29.6 Å². The predicted molar refractivity (Wildman–Crippen MR) is 91.7 cm³/mol. The number of urea groups is 1. The summed E-state index contributed by atoms with van der Waals surface area (Å²) in [6.45, 7) is 2.09. The number of carbonyl (C=O) groups excluding carboxylic acids is 1. The molecule has 0 unspecified atom stereocenters. The van der Waals surface area contributed by atoms with Gasteiger partial charge in [0, 0.05) is 18.3 Å². The average molecular weight is 331 g/mol. The van der Waals surface area contributed by atoms with Crippen molar-refractivity contribution in [1.29, 1.82) is 0 Å². The number of hydrogen-bond donors (Lipinski definition) is 2. The van der Waals surface area contributed by atoms with E-state index in [9.17, 15) is 4.79 Å². The first-order valence-electron chi connectivity index (χ1n) is 7.84. The van der Waals surface area contributed by atoms with Gasteiger partial charge in [0.2, 0.25) is 0 Å². The highest BCUT2D eigenvalue weighted by Crippen LogP contribution is 2.29. The minimum Gasteiger partial charge on any atom is -0.331 e. The van der Waals surface area contributed by atoms with Crippen LogP contribution in [0.2, 0.25) is 0 Å². The lowest BCUT2D eigenvalue weighted by Crippen LogP contribution is -2.34. The lowest BCUT2D eigenvalue weighted by molar-refractivity contribution is 0.247. The average Bonchev–Trinajstić information content (AvgIpc) is 2.92. The molecule has 0 saturated carbocycles. The summed E-state index contributed by atoms with van der Waals surface area (Å²) < 4.78 is 1.90. The van der Waals surface area contributed by atoms with Gasteiger partial charge in [0.25, 0.3) is 0 Å². The fourth-order valence-electron chi connectivity index (χ4n) is 2.87. The van der Waals surface area contributed by atoms with E-state index >= 15 is 0 Å². The maximum Gasteiger partial charge on any atom is 0.319 e. The number of thioether (sulfide) groups is 1. The zero-order chi connectivity index (χ0) is 16.2. The van der Waals surface area contributed by atoms with Gasteiger partial charge >= 0.3 is 6.03 Å². The molecule has 1 atom stereocenters. The third kappa shape index (κ3) is 3.67. The number of anilines is 1. The SMILES string of the molecule is CCSc1ccc(NC(=O)N[C@H]2CCCc3c2cnn3C)cn1. The summed E-state index contributed by atoms with van der Waals surface area (Å²) in [6, 6.07) is 3.62. The smallest absolute Gasteiger partial charge is 0.319 e. The second kappa shape index (κ2) is 7.04. The van der Waals surface area contributed by atoms with Gasteiger partial charge in [-0.15, -0.1) is 11.8 Å². The first kappa shape index (κ1) is 15.9. The molecular formula is C16H21N5OS. The van der Waals surface area contributed by atoms with Crippen molar-refractivity contribution in [2.24, 2.45) is 7.05 Å². The van der Waals surface area contributed by atoms with Gasteiger partial charge in [-0.2, -0.15) is 5.10 Å². The third-order valence-electron chi connectivity index (χ3n) is 3.97. The second-order valence-corrected chi connectivity index (χ2v) is 6.82. The van der Waals surface area contributed by atoms with Gasteiger partial charge in [0.1, 0.15) is 0 Å². The molecule has 7 heteroatoms. The van der Waals surface area contributed by atoms with Gasteiger partial charge < -0.3 is 10.6 Å². The molecule has 0 bridgehead atoms. The van der Waals surface area contributed by atoms with Crippen molar-refractivity contribution in [3.63, 3.8) is 0 Å². The van der Waals surface area contributed by atoms with E-state index in [4.69, 9.17) is 0 Å². The largest absolute Gasteiger partial charge is 0.331 e. The number of pyridine rings is 1. The van der Waals surface area contributed by atoms with Crippen molar-refractivity contribution in [2.75, 3.05) is 11.1 Å². The van der Waals surface area contributed by atoms with Crippen LogP contribution in [0.25, 0.3) is 0 Å². The quantitative estimate of drug-likeness (QED) is 0.844. The summed E-state index contributed by atoms with van der Waals surface area (Å²) in [5, 5.41) is 11.2. The zero-order valence-corrected chi connectivity index (χ0v) is 14.2. The Morgan fingerprint density at radius 2 is 2.30 bits per heavy atom. The molecule has 23 heavy (non-hydrogen) atoms. The Hall–Kier alpha value is -2.02. The van der Waals surface area contributed by atoms with Gasteiger partial charge in [0.05, 0.1) is 29.1 Å². The minimum absolute atomic E-state index is 0.0235. The highest BCUT2D eigenvalue weighted by Gasteiger charge is 2.24. The van der Waals surface area contributed by atoms with Crippen LogP contribution in [0.4, 0.5) is 10.5 Å². The monoisotopic (exact) mass is 331 g/mol. The van der Waals surface area contributed by atoms with E-state index < -0.39 is 0 Å². The molecule has 0 aromatic carbocycles. The van der Waals surface area contributed by atoms with Crippen molar-refractivity contribution in [1.82, 2.24) is 20.1 Å². The highest BCUT2D eigenvalue weighted by molar-refractivity contribution is 7.99. The van der Waals surface area contributed by atoms with E-state index in [-0.39, 0.29) is 12.1 Å². The van der Waals surface area contributed by atoms with Gasteiger partial charge in [-0.05, 0) is 37.1 Å². The molecule has 6 nitrogen and oxygen atoms in total. The molecule has 2 amide bonds. The van der Waals surface area contributed by atoms with Crippen molar-refractivity contribution < 1.29 is 4.79 Å². The number of rotatable bonds is 4. The van der Waals surface area contributed by atoms with E-state index in [1.54, 1.807) is 18.0 Å². The Morgan fingerprint density at radius 1 is 1.43 bits per heavy atom. The summed E-state index contributed by atoms with van der Waals surface area (Å²) in [4.78, 5) is 16.5. The Balaban J connectivity index is 1.61. The molecular weight excluding hydrogens is 310 g/mol. The lowest BCUT2D eigenvalue weighted by atomic mass is 9.93. The van der Waals surface area contributed by atoms with Crippen LogP contribution >= 0.6 is 11.8 Å². The van der Waals surface area contributed by atoms with Crippen molar-refractivity contribution in [3.8, 4) is 0 Å². The topological polar surface area (TPSA) is 71.8 Å². The molecule has 0 radical (unpaired) electrons. The lowest BCUT2D eigenvalue weighted by Gasteiger charge is -2.23. The van der Waals surface area contributed by atoms with Gasteiger partial charge in [-0.3, -0.25) is 4.68 Å². The summed E-state index contributed by atoms with van der Waals surface area (Å²) in [7, 11) is 1.95. The van der Waals surface area contributed by atoms with E-state index in [0.29, 0.717) is 5.69 Å². The summed E-state index contributed by atoms with van der Waals surface area (Å²) >= 11 is 1.68. The molecule has 1 aliphatic rings. The van der Waals surface area contributed by atoms with Crippen molar-refractivity contribution in [2.45, 2.75) is 37.3 Å². The number of nitrogens with one attached hydrogen (secondary N) is 2. The second-order valence-electron chi connectivity index (χ2n) is 5.53. The number of aromatic nitrogens is 3. The van der Waals surface area contributed by atoms with Crippen LogP contribution in [-0.2, 0) is 13.5 Å². The molecule has 0 fully saturated rings. The normalized spacial score (nSPS) is 16.7. The molecule has 2 aromatic heterocycles. The van der Waals surface area contributed by atoms with Crippen molar-refractivity contribution in [3.05, 3.63) is 35.8 Å². The Kier molecular flexibility index (Phi) is 4.85. The molecule has 2 aromatic rings. The van der Waals surface area contributed by atoms with Crippen LogP contribution < -0.4 is 10.6 Å². The zero-order valence-electron chi connectivity index (χ0n) is 13.4. The van der Waals surface area contributed by atoms with Gasteiger partial charge in [0.15, 0.2) is 0 Å². The minimum atomic E-state index is -0.204. The fraction of sp³-hybridized carbons (Fsp3) is 0.438. The molecule has 122 valence electrons. The van der Waals surface area contributed by atoms with Crippen LogP contribution in [0, 0.1) is 0 Å². The third-order valence-corrected chi connectivity index (χ3v) is 4.79. The van der Waals surface area contributed by atoms with E-state index in [2.05, 4.69) is 27.6 Å². The van der Waals surface area contributed by atoms with Gasteiger partial charge in [-0.1, -0.05) is 6.92 Å². The summed E-state index contributed by atoms with van der Waals surface area (Å²) in [5.74, 6) is 0.982. The number of hydrogen-bond acceptors (Lipinski definition) is 4. The van der Waals surface area contributed by atoms with Crippen LogP contribution in [0.1, 0.15) is 37.1 Å². The molecule has 0 saturated heterocycles. The Labute approximate surface area is 140 Å². The standard InChI is InChI=1S/C16H21N5OS/c1-3-23-15-8-7-11(9-17-15)19-16(22)20-13-5-4-6-14-12(13)10-18-21(14)2/h7-10,13H,3-6H2,1-2H3,(H2,19,20,22)/t13-/m0/s1. The first-order chi connectivity index (χ1) is 11.2. The molecule has 2 N–H and O–H groups in total. The van der Waals surface area contributed by atoms with Crippen LogP contribution in [-0.4, -0.2) is 26.5 Å². The van der Waals surface area contributed by atoms with E-state index in [1.807, 2.05) is 30.1 Å². The highest BCUT2D eigenvalue weighted by atomic mass is 32.2. The molecule has 1 aliphatic carbocycles. The van der Waals surface area contributed by atoms with E-state index in [1.165, 1.54) is 5.69 Å². The number of amides is 2. The number of aryl methyl sites for hydroxylation is 1. The molecule has 0 spiro atoms. The fourth-order valence-corrected chi connectivity index (χ4v) is 3.46. The van der Waals surface area contributed by atoms with E-state index in [0.717, 1.165) is 35.6 Å². The predicted octanol–water partition coefficient (Wildman–Crippen LogP) is 3.13. The number of fused-ring (bicyclic) bond motifs is 1. The van der Waals surface area contributed by atoms with Crippen LogP contribution in [0.5, 0.6) is 0 Å². The molecule has 0 aliphatic heterocycles. The van der Waals surface area contributed by atoms with Gasteiger partial charge in [-0.25, -0.2) is 9.78 Å². The molecule has 3 rings (SSSR count). The Bertz CT molecular complexity index is 682. The summed E-state index contributed by atoms with van der Waals surface area (Å²) in [6.07, 6.45) is 6.57. The van der Waals surface area contributed by atoms with Crippen molar-refractivity contribution >= 4 is 23.5 Å². The molecule has 2 heterocycles. The summed E-state index contributed by atoms with van der Waals surface area (Å²) in [5.41, 5.74) is 3.04. The Morgan fingerprint density at radius 3 is 3.04 bits per heavy atom. The first-order valence-corrected chi connectivity index (χ1v) is 8.83.